The SMILES string of the molecule is COc1ccc(C(=O)Cc2ccc3c(c2)nnn3C)cc1. The van der Waals surface area contributed by atoms with Crippen molar-refractivity contribution in [2.45, 2.75) is 6.42 Å². The largest absolute Gasteiger partial charge is 0.497 e. The monoisotopic (exact) mass is 281 g/mol. The highest BCUT2D eigenvalue weighted by Gasteiger charge is 2.09. The van der Waals surface area contributed by atoms with E-state index in [9.17, 15) is 4.79 Å². The number of Topliss-reactive ketones (excluding diaryl/α,β-unsaturated/α-hetero) is 1. The van der Waals surface area contributed by atoms with E-state index in [2.05, 4.69) is 10.3 Å². The van der Waals surface area contributed by atoms with E-state index in [0.717, 1.165) is 22.3 Å². The van der Waals surface area contributed by atoms with Crippen molar-refractivity contribution in [3.05, 3.63) is 53.6 Å². The first-order valence-electron chi connectivity index (χ1n) is 6.63. The molecule has 0 aliphatic rings. The van der Waals surface area contributed by atoms with Gasteiger partial charge in [0.25, 0.3) is 0 Å². The van der Waals surface area contributed by atoms with Crippen molar-refractivity contribution in [2.24, 2.45) is 7.05 Å². The molecule has 1 heterocycles. The predicted molar refractivity (Wildman–Crippen MR) is 79.5 cm³/mol. The van der Waals surface area contributed by atoms with E-state index in [1.807, 2.05) is 25.2 Å². The minimum Gasteiger partial charge on any atom is -0.497 e. The van der Waals surface area contributed by atoms with E-state index in [1.165, 1.54) is 0 Å². The molecule has 21 heavy (non-hydrogen) atoms. The van der Waals surface area contributed by atoms with E-state index in [1.54, 1.807) is 36.1 Å². The summed E-state index contributed by atoms with van der Waals surface area (Å²) in [5.41, 5.74) is 3.37. The third-order valence-electron chi connectivity index (χ3n) is 3.45. The Morgan fingerprint density at radius 1 is 1.19 bits per heavy atom. The van der Waals surface area contributed by atoms with Crippen LogP contribution in [0.3, 0.4) is 0 Å². The van der Waals surface area contributed by atoms with E-state index in [-0.39, 0.29) is 5.78 Å². The van der Waals surface area contributed by atoms with Gasteiger partial charge in [0, 0.05) is 19.0 Å². The number of methoxy groups -OCH3 is 1. The van der Waals surface area contributed by atoms with Crippen LogP contribution in [0.5, 0.6) is 5.75 Å². The Bertz CT molecular complexity index is 791. The average molecular weight is 281 g/mol. The van der Waals surface area contributed by atoms with Crippen LogP contribution in [0.1, 0.15) is 15.9 Å². The predicted octanol–water partition coefficient (Wildman–Crippen LogP) is 2.40. The molecule has 0 unspecified atom stereocenters. The first-order chi connectivity index (χ1) is 10.2. The third-order valence-corrected chi connectivity index (χ3v) is 3.45. The van der Waals surface area contributed by atoms with Gasteiger partial charge in [0.1, 0.15) is 11.3 Å². The Morgan fingerprint density at radius 2 is 1.95 bits per heavy atom. The van der Waals surface area contributed by atoms with E-state index in [0.29, 0.717) is 12.0 Å². The summed E-state index contributed by atoms with van der Waals surface area (Å²) in [6.07, 6.45) is 0.346. The molecular weight excluding hydrogens is 266 g/mol. The summed E-state index contributed by atoms with van der Waals surface area (Å²) in [7, 11) is 3.45. The fourth-order valence-corrected chi connectivity index (χ4v) is 2.26. The Balaban J connectivity index is 1.81. The maximum absolute atomic E-state index is 12.3. The zero-order valence-corrected chi connectivity index (χ0v) is 11.9. The van der Waals surface area contributed by atoms with Crippen LogP contribution in [0.2, 0.25) is 0 Å². The lowest BCUT2D eigenvalue weighted by molar-refractivity contribution is 0.0993. The van der Waals surface area contributed by atoms with Crippen molar-refractivity contribution in [1.29, 1.82) is 0 Å². The van der Waals surface area contributed by atoms with Crippen molar-refractivity contribution in [3.63, 3.8) is 0 Å². The summed E-state index contributed by atoms with van der Waals surface area (Å²) in [5, 5.41) is 8.03. The molecule has 0 amide bonds. The van der Waals surface area contributed by atoms with Crippen molar-refractivity contribution in [1.82, 2.24) is 15.0 Å². The Labute approximate surface area is 122 Å². The molecule has 0 radical (unpaired) electrons. The molecule has 106 valence electrons. The number of benzene rings is 2. The van der Waals surface area contributed by atoms with Crippen LogP contribution in [-0.4, -0.2) is 27.9 Å². The standard InChI is InChI=1S/C16H15N3O2/c1-19-15-8-3-11(9-14(15)17-18-19)10-16(20)12-4-6-13(21-2)7-5-12/h3-9H,10H2,1-2H3. The fraction of sp³-hybridized carbons (Fsp3) is 0.188. The molecule has 0 N–H and O–H groups in total. The molecule has 0 fully saturated rings. The number of fused-ring (bicyclic) bond motifs is 1. The second kappa shape index (κ2) is 5.36. The van der Waals surface area contributed by atoms with Gasteiger partial charge in [-0.05, 0) is 42.0 Å². The number of carbonyl (C=O) groups is 1. The van der Waals surface area contributed by atoms with Gasteiger partial charge < -0.3 is 4.74 Å². The lowest BCUT2D eigenvalue weighted by Gasteiger charge is -2.03. The van der Waals surface area contributed by atoms with Crippen LogP contribution in [0, 0.1) is 0 Å². The molecule has 0 spiro atoms. The second-order valence-corrected chi connectivity index (χ2v) is 4.86. The van der Waals surface area contributed by atoms with Gasteiger partial charge in [-0.1, -0.05) is 11.3 Å². The summed E-state index contributed by atoms with van der Waals surface area (Å²) in [6.45, 7) is 0. The number of hydrogen-bond donors (Lipinski definition) is 0. The number of carbonyl (C=O) groups excluding carboxylic acids is 1. The second-order valence-electron chi connectivity index (χ2n) is 4.86. The summed E-state index contributed by atoms with van der Waals surface area (Å²) >= 11 is 0. The first kappa shape index (κ1) is 13.3. The molecular formula is C16H15N3O2. The molecule has 0 bridgehead atoms. The summed E-state index contributed by atoms with van der Waals surface area (Å²) in [4.78, 5) is 12.3. The molecule has 0 aliphatic carbocycles. The van der Waals surface area contributed by atoms with Crippen LogP contribution in [0.15, 0.2) is 42.5 Å². The van der Waals surface area contributed by atoms with Gasteiger partial charge in [-0.25, -0.2) is 4.68 Å². The molecule has 0 saturated carbocycles. The van der Waals surface area contributed by atoms with Gasteiger partial charge in [0.05, 0.1) is 12.6 Å². The number of nitrogens with zero attached hydrogens (tertiary/aromatic N) is 3. The van der Waals surface area contributed by atoms with Crippen molar-refractivity contribution >= 4 is 16.8 Å². The minimum absolute atomic E-state index is 0.0703. The topological polar surface area (TPSA) is 57.0 Å². The highest BCUT2D eigenvalue weighted by atomic mass is 16.5. The molecule has 0 atom stereocenters. The normalized spacial score (nSPS) is 10.8. The van der Waals surface area contributed by atoms with Gasteiger partial charge in [0.2, 0.25) is 0 Å². The molecule has 2 aromatic carbocycles. The Kier molecular flexibility index (Phi) is 3.39. The lowest BCUT2D eigenvalue weighted by atomic mass is 10.0. The van der Waals surface area contributed by atoms with E-state index < -0.39 is 0 Å². The smallest absolute Gasteiger partial charge is 0.167 e. The van der Waals surface area contributed by atoms with Gasteiger partial charge in [0.15, 0.2) is 5.78 Å². The minimum atomic E-state index is 0.0703. The van der Waals surface area contributed by atoms with Gasteiger partial charge in [-0.15, -0.1) is 5.10 Å². The summed E-state index contributed by atoms with van der Waals surface area (Å²) in [5.74, 6) is 0.813. The lowest BCUT2D eigenvalue weighted by Crippen LogP contribution is -2.03. The molecule has 1 aromatic heterocycles. The van der Waals surface area contributed by atoms with Crippen LogP contribution in [-0.2, 0) is 13.5 Å². The Hall–Kier alpha value is -2.69. The molecule has 5 heteroatoms. The number of ketones is 1. The summed E-state index contributed by atoms with van der Waals surface area (Å²) in [6, 6.07) is 12.9. The van der Waals surface area contributed by atoms with Crippen LogP contribution in [0.4, 0.5) is 0 Å². The van der Waals surface area contributed by atoms with Crippen molar-refractivity contribution in [2.75, 3.05) is 7.11 Å². The molecule has 0 aliphatic heterocycles. The zero-order chi connectivity index (χ0) is 14.8. The highest BCUT2D eigenvalue weighted by Crippen LogP contribution is 2.16. The maximum atomic E-state index is 12.3. The number of rotatable bonds is 4. The fourth-order valence-electron chi connectivity index (χ4n) is 2.26. The van der Waals surface area contributed by atoms with Crippen LogP contribution >= 0.6 is 0 Å². The average Bonchev–Trinajstić information content (AvgIpc) is 2.88. The van der Waals surface area contributed by atoms with E-state index >= 15 is 0 Å². The quantitative estimate of drug-likeness (QED) is 0.689. The maximum Gasteiger partial charge on any atom is 0.167 e. The third kappa shape index (κ3) is 2.63. The first-order valence-corrected chi connectivity index (χ1v) is 6.63. The van der Waals surface area contributed by atoms with Crippen LogP contribution in [0.25, 0.3) is 11.0 Å². The number of hydrogen-bond acceptors (Lipinski definition) is 4. The number of aryl methyl sites for hydroxylation is 1. The highest BCUT2D eigenvalue weighted by molar-refractivity contribution is 5.98. The molecule has 3 rings (SSSR count). The van der Waals surface area contributed by atoms with E-state index in [4.69, 9.17) is 4.74 Å². The van der Waals surface area contributed by atoms with Gasteiger partial charge in [-0.3, -0.25) is 4.79 Å². The van der Waals surface area contributed by atoms with Gasteiger partial charge >= 0.3 is 0 Å². The van der Waals surface area contributed by atoms with Gasteiger partial charge in [-0.2, -0.15) is 0 Å². The summed E-state index contributed by atoms with van der Waals surface area (Å²) < 4.78 is 6.80. The molecule has 5 nitrogen and oxygen atoms in total. The Morgan fingerprint density at radius 3 is 2.67 bits per heavy atom. The molecule has 3 aromatic rings. The van der Waals surface area contributed by atoms with Crippen LogP contribution < -0.4 is 4.74 Å². The number of ether oxygens (including phenoxy) is 1. The van der Waals surface area contributed by atoms with Crippen molar-refractivity contribution in [3.8, 4) is 5.75 Å². The molecule has 0 saturated heterocycles. The van der Waals surface area contributed by atoms with Crippen molar-refractivity contribution < 1.29 is 9.53 Å². The zero-order valence-electron chi connectivity index (χ0n) is 11.9. The number of aromatic nitrogens is 3.